The Morgan fingerprint density at radius 1 is 1.53 bits per heavy atom. The van der Waals surface area contributed by atoms with Crippen LogP contribution in [0, 0.1) is 18.3 Å². The second-order valence-corrected chi connectivity index (χ2v) is 3.83. The van der Waals surface area contributed by atoms with Gasteiger partial charge in [-0.3, -0.25) is 0 Å². The lowest BCUT2D eigenvalue weighted by Gasteiger charge is -2.09. The minimum Gasteiger partial charge on any atom is -0.385 e. The average Bonchev–Trinajstić information content (AvgIpc) is 2.17. The van der Waals surface area contributed by atoms with Gasteiger partial charge in [0.25, 0.3) is 0 Å². The number of nitrogens with two attached hydrogens (primary N) is 1. The topological polar surface area (TPSA) is 61.8 Å². The van der Waals surface area contributed by atoms with E-state index < -0.39 is 0 Å². The van der Waals surface area contributed by atoms with Gasteiger partial charge in [0.1, 0.15) is 0 Å². The Bertz CT molecular complexity index is 364. The number of nitrogens with zero attached hydrogens (tertiary/aromatic N) is 1. The third-order valence-corrected chi connectivity index (χ3v) is 2.28. The van der Waals surface area contributed by atoms with Gasteiger partial charge in [-0.25, -0.2) is 0 Å². The Labute approximate surface area is 90.9 Å². The molecule has 0 saturated heterocycles. The van der Waals surface area contributed by atoms with Crippen molar-refractivity contribution >= 4 is 5.69 Å². The Hall–Kier alpha value is -1.53. The number of nitriles is 1. The van der Waals surface area contributed by atoms with E-state index in [1.54, 1.807) is 0 Å². The second kappa shape index (κ2) is 5.38. The fourth-order valence-corrected chi connectivity index (χ4v) is 1.34. The summed E-state index contributed by atoms with van der Waals surface area (Å²) in [6.07, 6.45) is 0.944. The van der Waals surface area contributed by atoms with Gasteiger partial charge in [-0.1, -0.05) is 0 Å². The molecule has 1 rings (SSSR count). The van der Waals surface area contributed by atoms with Crippen molar-refractivity contribution in [1.82, 2.24) is 0 Å². The Morgan fingerprint density at radius 3 is 2.80 bits per heavy atom. The summed E-state index contributed by atoms with van der Waals surface area (Å²) in [5.74, 6) is 0. The molecule has 0 bridgehead atoms. The predicted molar refractivity (Wildman–Crippen MR) is 62.7 cm³/mol. The molecule has 0 amide bonds. The Balaban J connectivity index is 2.57. The smallest absolute Gasteiger partial charge is 0.0994 e. The maximum Gasteiger partial charge on any atom is 0.0994 e. The zero-order valence-corrected chi connectivity index (χ0v) is 9.25. The van der Waals surface area contributed by atoms with Gasteiger partial charge in [0.2, 0.25) is 0 Å². The summed E-state index contributed by atoms with van der Waals surface area (Å²) in [4.78, 5) is 0. The molecule has 0 aliphatic rings. The molecule has 0 fully saturated rings. The van der Waals surface area contributed by atoms with Crippen LogP contribution in [0.2, 0.25) is 0 Å². The highest BCUT2D eigenvalue weighted by molar-refractivity contribution is 5.51. The minimum atomic E-state index is 0.219. The van der Waals surface area contributed by atoms with Gasteiger partial charge in [0.05, 0.1) is 11.6 Å². The first-order valence-electron chi connectivity index (χ1n) is 5.13. The first kappa shape index (κ1) is 11.5. The molecule has 1 aromatic rings. The van der Waals surface area contributed by atoms with E-state index in [4.69, 9.17) is 11.0 Å². The molecule has 0 aliphatic heterocycles. The SMILES string of the molecule is Cc1cc(NCCC(C)N)ccc1C#N. The molecular weight excluding hydrogens is 186 g/mol. The summed E-state index contributed by atoms with van der Waals surface area (Å²) < 4.78 is 0. The molecule has 3 N–H and O–H groups in total. The van der Waals surface area contributed by atoms with Gasteiger partial charge in [-0.15, -0.1) is 0 Å². The van der Waals surface area contributed by atoms with E-state index in [1.165, 1.54) is 0 Å². The van der Waals surface area contributed by atoms with Crippen molar-refractivity contribution in [3.05, 3.63) is 29.3 Å². The summed E-state index contributed by atoms with van der Waals surface area (Å²) in [6.45, 7) is 4.80. The molecule has 0 radical (unpaired) electrons. The minimum absolute atomic E-state index is 0.219. The number of hydrogen-bond donors (Lipinski definition) is 2. The lowest BCUT2D eigenvalue weighted by molar-refractivity contribution is 0.690. The molecule has 0 heterocycles. The molecule has 0 spiro atoms. The van der Waals surface area contributed by atoms with E-state index in [-0.39, 0.29) is 6.04 Å². The maximum absolute atomic E-state index is 8.77. The van der Waals surface area contributed by atoms with Crippen molar-refractivity contribution < 1.29 is 0 Å². The highest BCUT2D eigenvalue weighted by Gasteiger charge is 1.99. The van der Waals surface area contributed by atoms with E-state index in [9.17, 15) is 0 Å². The van der Waals surface area contributed by atoms with Gasteiger partial charge in [-0.05, 0) is 44.0 Å². The van der Waals surface area contributed by atoms with Crippen LogP contribution >= 0.6 is 0 Å². The molecule has 1 atom stereocenters. The highest BCUT2D eigenvalue weighted by Crippen LogP contribution is 2.14. The summed E-state index contributed by atoms with van der Waals surface area (Å²) in [6, 6.07) is 8.11. The van der Waals surface area contributed by atoms with Crippen LogP contribution < -0.4 is 11.1 Å². The van der Waals surface area contributed by atoms with Gasteiger partial charge in [0.15, 0.2) is 0 Å². The van der Waals surface area contributed by atoms with Gasteiger partial charge >= 0.3 is 0 Å². The zero-order chi connectivity index (χ0) is 11.3. The number of aryl methyl sites for hydroxylation is 1. The van der Waals surface area contributed by atoms with Crippen LogP contribution in [-0.2, 0) is 0 Å². The molecular formula is C12H17N3. The molecule has 0 aliphatic carbocycles. The number of anilines is 1. The molecule has 1 unspecified atom stereocenters. The van der Waals surface area contributed by atoms with Gasteiger partial charge in [-0.2, -0.15) is 5.26 Å². The molecule has 0 saturated carbocycles. The van der Waals surface area contributed by atoms with E-state index in [2.05, 4.69) is 11.4 Å². The Kier molecular flexibility index (Phi) is 4.14. The van der Waals surface area contributed by atoms with Crippen molar-refractivity contribution in [2.75, 3.05) is 11.9 Å². The fourth-order valence-electron chi connectivity index (χ4n) is 1.34. The fraction of sp³-hybridized carbons (Fsp3) is 0.417. The van der Waals surface area contributed by atoms with Crippen LogP contribution in [0.25, 0.3) is 0 Å². The molecule has 3 heteroatoms. The number of hydrogen-bond acceptors (Lipinski definition) is 3. The normalized spacial score (nSPS) is 11.9. The third-order valence-electron chi connectivity index (χ3n) is 2.28. The third kappa shape index (κ3) is 3.61. The molecule has 80 valence electrons. The summed E-state index contributed by atoms with van der Waals surface area (Å²) in [5, 5.41) is 12.0. The van der Waals surface area contributed by atoms with E-state index in [0.29, 0.717) is 0 Å². The van der Waals surface area contributed by atoms with Crippen LogP contribution in [0.15, 0.2) is 18.2 Å². The summed E-state index contributed by atoms with van der Waals surface area (Å²) >= 11 is 0. The van der Waals surface area contributed by atoms with Crippen molar-refractivity contribution in [1.29, 1.82) is 5.26 Å². The quantitative estimate of drug-likeness (QED) is 0.787. The number of benzene rings is 1. The largest absolute Gasteiger partial charge is 0.385 e. The summed E-state index contributed by atoms with van der Waals surface area (Å²) in [7, 11) is 0. The lowest BCUT2D eigenvalue weighted by Crippen LogP contribution is -2.19. The van der Waals surface area contributed by atoms with Crippen LogP contribution in [0.1, 0.15) is 24.5 Å². The Morgan fingerprint density at radius 2 is 2.27 bits per heavy atom. The molecule has 3 nitrogen and oxygen atoms in total. The first-order chi connectivity index (χ1) is 7.13. The molecule has 0 aromatic heterocycles. The monoisotopic (exact) mass is 203 g/mol. The number of nitrogens with one attached hydrogen (secondary N) is 1. The van der Waals surface area contributed by atoms with Crippen LogP contribution in [0.3, 0.4) is 0 Å². The second-order valence-electron chi connectivity index (χ2n) is 3.83. The molecule has 1 aromatic carbocycles. The first-order valence-corrected chi connectivity index (χ1v) is 5.13. The van der Waals surface area contributed by atoms with Crippen LogP contribution in [0.4, 0.5) is 5.69 Å². The van der Waals surface area contributed by atoms with Crippen LogP contribution in [0.5, 0.6) is 0 Å². The maximum atomic E-state index is 8.77. The van der Waals surface area contributed by atoms with E-state index in [1.807, 2.05) is 32.0 Å². The average molecular weight is 203 g/mol. The van der Waals surface area contributed by atoms with Gasteiger partial charge < -0.3 is 11.1 Å². The van der Waals surface area contributed by atoms with Crippen LogP contribution in [-0.4, -0.2) is 12.6 Å². The predicted octanol–water partition coefficient (Wildman–Crippen LogP) is 2.02. The molecule has 15 heavy (non-hydrogen) atoms. The highest BCUT2D eigenvalue weighted by atomic mass is 14.9. The summed E-state index contributed by atoms with van der Waals surface area (Å²) in [5.41, 5.74) is 8.43. The zero-order valence-electron chi connectivity index (χ0n) is 9.25. The van der Waals surface area contributed by atoms with Crippen molar-refractivity contribution in [3.63, 3.8) is 0 Å². The van der Waals surface area contributed by atoms with Gasteiger partial charge in [0, 0.05) is 18.3 Å². The van der Waals surface area contributed by atoms with Crippen molar-refractivity contribution in [2.45, 2.75) is 26.3 Å². The lowest BCUT2D eigenvalue weighted by atomic mass is 10.1. The van der Waals surface area contributed by atoms with Crippen molar-refractivity contribution in [3.8, 4) is 6.07 Å². The standard InChI is InChI=1S/C12H17N3/c1-9-7-12(4-3-11(9)8-13)15-6-5-10(2)14/h3-4,7,10,15H,5-6,14H2,1-2H3. The van der Waals surface area contributed by atoms with E-state index in [0.717, 1.165) is 29.8 Å². The van der Waals surface area contributed by atoms with E-state index >= 15 is 0 Å². The number of rotatable bonds is 4. The van der Waals surface area contributed by atoms with Crippen molar-refractivity contribution in [2.24, 2.45) is 5.73 Å².